The molecule has 1 amide bonds. The number of sulfonamides is 1. The van der Waals surface area contributed by atoms with Crippen LogP contribution in [-0.2, 0) is 20.2 Å². The Bertz CT molecular complexity index is 839. The van der Waals surface area contributed by atoms with Crippen LogP contribution in [0.1, 0.15) is 46.2 Å². The summed E-state index contributed by atoms with van der Waals surface area (Å²) in [7, 11) is -1.28. The van der Waals surface area contributed by atoms with Gasteiger partial charge in [0.25, 0.3) is 0 Å². The van der Waals surface area contributed by atoms with Gasteiger partial charge in [0.1, 0.15) is 0 Å². The van der Waals surface area contributed by atoms with Crippen molar-refractivity contribution >= 4 is 28.5 Å². The molecular formula is C19H33N5O4S. The van der Waals surface area contributed by atoms with E-state index >= 15 is 0 Å². The van der Waals surface area contributed by atoms with E-state index in [2.05, 4.69) is 22.2 Å². The Hall–Kier alpha value is -1.78. The van der Waals surface area contributed by atoms with E-state index in [1.54, 1.807) is 6.07 Å². The highest BCUT2D eigenvalue weighted by Crippen LogP contribution is 2.28. The smallest absolute Gasteiger partial charge is 0.246 e. The summed E-state index contributed by atoms with van der Waals surface area (Å²) in [5.74, 6) is 0.0726. The van der Waals surface area contributed by atoms with Crippen molar-refractivity contribution in [1.82, 2.24) is 14.4 Å². The number of aliphatic imine (C=N–C) groups is 1. The molecule has 1 N–H and O–H groups in total. The van der Waals surface area contributed by atoms with Gasteiger partial charge >= 0.3 is 0 Å². The normalized spacial score (nSPS) is 17.5. The van der Waals surface area contributed by atoms with E-state index in [1.807, 2.05) is 39.6 Å². The minimum Gasteiger partial charge on any atom is -0.338 e. The number of piperidine rings is 1. The maximum atomic E-state index is 13.0. The third-order valence-electron chi connectivity index (χ3n) is 5.82. The summed E-state index contributed by atoms with van der Waals surface area (Å²) < 4.78 is 30.2. The van der Waals surface area contributed by atoms with Crippen LogP contribution in [0.25, 0.3) is 0 Å². The molecule has 9 nitrogen and oxygen atoms in total. The SMILES string of the molecule is C=NCC(C)(C)c1cc(NC(=O)C(C)(C)N(C)C2CCN(S(C)(=O)=O)CC2)on1. The molecule has 2 rings (SSSR count). The van der Waals surface area contributed by atoms with Crippen LogP contribution in [0.4, 0.5) is 5.88 Å². The zero-order chi connectivity index (χ0) is 22.0. The number of carbonyl (C=O) groups excluding carboxylic acids is 1. The minimum absolute atomic E-state index is 0.108. The maximum Gasteiger partial charge on any atom is 0.246 e. The predicted octanol–water partition coefficient (Wildman–Crippen LogP) is 1.73. The number of aromatic nitrogens is 1. The van der Waals surface area contributed by atoms with Crippen molar-refractivity contribution < 1.29 is 17.7 Å². The second-order valence-electron chi connectivity index (χ2n) is 8.86. The molecule has 0 radical (unpaired) electrons. The Morgan fingerprint density at radius 1 is 1.38 bits per heavy atom. The van der Waals surface area contributed by atoms with Gasteiger partial charge in [0.05, 0.1) is 17.5 Å². The van der Waals surface area contributed by atoms with Gasteiger partial charge in [0.15, 0.2) is 0 Å². The Morgan fingerprint density at radius 3 is 2.48 bits per heavy atom. The molecule has 1 aromatic heterocycles. The molecule has 0 atom stereocenters. The average Bonchev–Trinajstić information content (AvgIpc) is 3.10. The van der Waals surface area contributed by atoms with Crippen LogP contribution in [0, 0.1) is 0 Å². The van der Waals surface area contributed by atoms with Crippen LogP contribution in [0.5, 0.6) is 0 Å². The number of amides is 1. The highest BCUT2D eigenvalue weighted by Gasteiger charge is 2.39. The molecule has 1 aromatic rings. The van der Waals surface area contributed by atoms with Crippen LogP contribution >= 0.6 is 0 Å². The first-order valence-corrected chi connectivity index (χ1v) is 11.5. The second kappa shape index (κ2) is 8.53. The summed E-state index contributed by atoms with van der Waals surface area (Å²) in [5.41, 5.74) is -0.462. The number of anilines is 1. The molecule has 1 fully saturated rings. The van der Waals surface area contributed by atoms with E-state index in [4.69, 9.17) is 4.52 Å². The van der Waals surface area contributed by atoms with Crippen LogP contribution < -0.4 is 5.32 Å². The van der Waals surface area contributed by atoms with E-state index in [1.165, 1.54) is 10.6 Å². The number of hydrogen-bond donors (Lipinski definition) is 1. The molecule has 1 saturated heterocycles. The van der Waals surface area contributed by atoms with Gasteiger partial charge in [-0.3, -0.25) is 20.0 Å². The van der Waals surface area contributed by atoms with Gasteiger partial charge < -0.3 is 4.52 Å². The lowest BCUT2D eigenvalue weighted by atomic mass is 9.89. The van der Waals surface area contributed by atoms with Crippen molar-refractivity contribution in [3.63, 3.8) is 0 Å². The molecule has 10 heteroatoms. The van der Waals surface area contributed by atoms with Gasteiger partial charge in [-0.2, -0.15) is 0 Å². The van der Waals surface area contributed by atoms with Gasteiger partial charge in [0, 0.05) is 37.2 Å². The minimum atomic E-state index is -3.18. The monoisotopic (exact) mass is 427 g/mol. The highest BCUT2D eigenvalue weighted by molar-refractivity contribution is 7.88. The Morgan fingerprint density at radius 2 is 1.97 bits per heavy atom. The number of nitrogens with zero attached hydrogens (tertiary/aromatic N) is 4. The fourth-order valence-electron chi connectivity index (χ4n) is 3.46. The average molecular weight is 428 g/mol. The highest BCUT2D eigenvalue weighted by atomic mass is 32.2. The zero-order valence-electron chi connectivity index (χ0n) is 18.2. The molecule has 0 aliphatic carbocycles. The van der Waals surface area contributed by atoms with Gasteiger partial charge in [-0.15, -0.1) is 0 Å². The second-order valence-corrected chi connectivity index (χ2v) is 10.8. The number of hydrogen-bond acceptors (Lipinski definition) is 7. The number of likely N-dealkylation sites (N-methyl/N-ethyl adjacent to an activating group) is 1. The summed E-state index contributed by atoms with van der Waals surface area (Å²) in [4.78, 5) is 18.9. The number of carbonyl (C=O) groups is 1. The third-order valence-corrected chi connectivity index (χ3v) is 7.13. The Balaban J connectivity index is 2.03. The quantitative estimate of drug-likeness (QED) is 0.633. The fraction of sp³-hybridized carbons (Fsp3) is 0.737. The molecule has 164 valence electrons. The summed E-state index contributed by atoms with van der Waals surface area (Å²) in [6.07, 6.45) is 2.58. The molecule has 29 heavy (non-hydrogen) atoms. The van der Waals surface area contributed by atoms with Crippen molar-refractivity contribution in [1.29, 1.82) is 0 Å². The zero-order valence-corrected chi connectivity index (χ0v) is 19.0. The molecule has 1 aliphatic rings. The standard InChI is InChI=1S/C19H33N5O4S/c1-18(2,13-20-5)15-12-16(28-22-15)21-17(25)19(3,4)23(6)14-8-10-24(11-9-14)29(7,26)27/h12,14H,5,8-11,13H2,1-4,6-7H3,(H,21,25). The number of nitrogens with one attached hydrogen (secondary N) is 1. The van der Waals surface area contributed by atoms with Crippen molar-refractivity contribution in [3.05, 3.63) is 11.8 Å². The lowest BCUT2D eigenvalue weighted by Gasteiger charge is -2.43. The fourth-order valence-corrected chi connectivity index (χ4v) is 4.33. The Kier molecular flexibility index (Phi) is 6.91. The summed E-state index contributed by atoms with van der Waals surface area (Å²) in [6, 6.07) is 1.82. The van der Waals surface area contributed by atoms with Gasteiger partial charge in [0.2, 0.25) is 21.8 Å². The molecular weight excluding hydrogens is 394 g/mol. The van der Waals surface area contributed by atoms with Gasteiger partial charge in [-0.25, -0.2) is 12.7 Å². The summed E-state index contributed by atoms with van der Waals surface area (Å²) >= 11 is 0. The van der Waals surface area contributed by atoms with Crippen LogP contribution in [-0.4, -0.2) is 79.9 Å². The van der Waals surface area contributed by atoms with Crippen molar-refractivity contribution in [2.24, 2.45) is 4.99 Å². The molecule has 0 spiro atoms. The van der Waals surface area contributed by atoms with E-state index < -0.39 is 15.6 Å². The van der Waals surface area contributed by atoms with Crippen LogP contribution in [0.3, 0.4) is 0 Å². The Labute approximate surface area is 173 Å². The lowest BCUT2D eigenvalue weighted by Crippen LogP contribution is -2.57. The van der Waals surface area contributed by atoms with Crippen molar-refractivity contribution in [2.45, 2.75) is 57.5 Å². The van der Waals surface area contributed by atoms with Gasteiger partial charge in [-0.05, 0) is 40.5 Å². The van der Waals surface area contributed by atoms with Crippen molar-refractivity contribution in [2.75, 3.05) is 38.3 Å². The van der Waals surface area contributed by atoms with E-state index in [-0.39, 0.29) is 23.2 Å². The first kappa shape index (κ1) is 23.5. The molecule has 1 aliphatic heterocycles. The molecule has 0 aromatic carbocycles. The molecule has 0 bridgehead atoms. The predicted molar refractivity (Wildman–Crippen MR) is 114 cm³/mol. The molecule has 2 heterocycles. The van der Waals surface area contributed by atoms with E-state index in [9.17, 15) is 13.2 Å². The van der Waals surface area contributed by atoms with Gasteiger partial charge in [-0.1, -0.05) is 19.0 Å². The first-order valence-electron chi connectivity index (χ1n) is 9.68. The maximum absolute atomic E-state index is 13.0. The summed E-state index contributed by atoms with van der Waals surface area (Å²) in [6.45, 7) is 12.6. The van der Waals surface area contributed by atoms with Crippen LogP contribution in [0.15, 0.2) is 15.6 Å². The first-order chi connectivity index (χ1) is 13.3. The summed E-state index contributed by atoms with van der Waals surface area (Å²) in [5, 5.41) is 6.86. The van der Waals surface area contributed by atoms with E-state index in [0.29, 0.717) is 38.2 Å². The topological polar surface area (TPSA) is 108 Å². The molecule has 0 saturated carbocycles. The molecule has 0 unspecified atom stereocenters. The van der Waals surface area contributed by atoms with Crippen LogP contribution in [0.2, 0.25) is 0 Å². The largest absolute Gasteiger partial charge is 0.338 e. The van der Waals surface area contributed by atoms with Crippen molar-refractivity contribution in [3.8, 4) is 0 Å². The lowest BCUT2D eigenvalue weighted by molar-refractivity contribution is -0.127. The third kappa shape index (κ3) is 5.43. The number of rotatable bonds is 8. The van der Waals surface area contributed by atoms with E-state index in [0.717, 1.165) is 0 Å².